The van der Waals surface area contributed by atoms with Crippen molar-refractivity contribution in [2.75, 3.05) is 13.2 Å². The molecule has 0 aromatic heterocycles. The fourth-order valence-electron chi connectivity index (χ4n) is 1.53. The Kier molecular flexibility index (Phi) is 3.89. The van der Waals surface area contributed by atoms with Gasteiger partial charge in [-0.3, -0.25) is 4.79 Å². The van der Waals surface area contributed by atoms with E-state index in [9.17, 15) is 4.79 Å². The number of nitrogens with one attached hydrogen (secondary N) is 2. The maximum atomic E-state index is 11.7. The Morgan fingerprint density at radius 3 is 2.86 bits per heavy atom. The first kappa shape index (κ1) is 11.5. The highest BCUT2D eigenvalue weighted by atomic mass is 16.3. The van der Waals surface area contributed by atoms with Gasteiger partial charge in [0, 0.05) is 0 Å². The van der Waals surface area contributed by atoms with Gasteiger partial charge in [0.2, 0.25) is 5.91 Å². The zero-order valence-corrected chi connectivity index (χ0v) is 8.97. The lowest BCUT2D eigenvalue weighted by Gasteiger charge is -2.28. The molecule has 3 N–H and O–H groups in total. The SMILES string of the molecule is CCC(C)(CO)NC(=O)C1CCCN1. The molecule has 1 heterocycles. The number of aliphatic hydroxyl groups excluding tert-OH is 1. The van der Waals surface area contributed by atoms with Crippen molar-refractivity contribution in [3.05, 3.63) is 0 Å². The lowest BCUT2D eigenvalue weighted by molar-refractivity contribution is -0.125. The number of carbonyl (C=O) groups excluding carboxylic acids is 1. The van der Waals surface area contributed by atoms with Crippen molar-refractivity contribution in [2.24, 2.45) is 0 Å². The average Bonchev–Trinajstić information content (AvgIpc) is 2.70. The maximum absolute atomic E-state index is 11.7. The lowest BCUT2D eigenvalue weighted by atomic mass is 9.99. The summed E-state index contributed by atoms with van der Waals surface area (Å²) in [6.07, 6.45) is 2.69. The number of hydrogen-bond acceptors (Lipinski definition) is 3. The van der Waals surface area contributed by atoms with Crippen LogP contribution in [0.1, 0.15) is 33.1 Å². The molecule has 0 aliphatic carbocycles. The van der Waals surface area contributed by atoms with Gasteiger partial charge in [0.05, 0.1) is 18.2 Å². The van der Waals surface area contributed by atoms with E-state index in [0.29, 0.717) is 0 Å². The largest absolute Gasteiger partial charge is 0.394 e. The molecule has 1 aliphatic rings. The quantitative estimate of drug-likeness (QED) is 0.599. The van der Waals surface area contributed by atoms with E-state index in [-0.39, 0.29) is 18.6 Å². The monoisotopic (exact) mass is 200 g/mol. The zero-order chi connectivity index (χ0) is 10.6. The van der Waals surface area contributed by atoms with Crippen LogP contribution in [-0.4, -0.2) is 35.7 Å². The summed E-state index contributed by atoms with van der Waals surface area (Å²) in [4.78, 5) is 11.7. The molecule has 0 aromatic carbocycles. The molecule has 0 saturated carbocycles. The average molecular weight is 200 g/mol. The molecule has 82 valence electrons. The molecule has 4 heteroatoms. The smallest absolute Gasteiger partial charge is 0.237 e. The van der Waals surface area contributed by atoms with Gasteiger partial charge in [-0.25, -0.2) is 0 Å². The van der Waals surface area contributed by atoms with Crippen LogP contribution in [0.15, 0.2) is 0 Å². The van der Waals surface area contributed by atoms with Crippen LogP contribution in [0.3, 0.4) is 0 Å². The highest BCUT2D eigenvalue weighted by Gasteiger charge is 2.28. The van der Waals surface area contributed by atoms with Crippen molar-refractivity contribution in [3.8, 4) is 0 Å². The highest BCUT2D eigenvalue weighted by molar-refractivity contribution is 5.82. The summed E-state index contributed by atoms with van der Waals surface area (Å²) in [6.45, 7) is 4.72. The van der Waals surface area contributed by atoms with Gasteiger partial charge in [-0.05, 0) is 32.7 Å². The van der Waals surface area contributed by atoms with Crippen LogP contribution in [0, 0.1) is 0 Å². The summed E-state index contributed by atoms with van der Waals surface area (Å²) < 4.78 is 0. The normalized spacial score (nSPS) is 25.8. The van der Waals surface area contributed by atoms with Gasteiger partial charge in [-0.15, -0.1) is 0 Å². The second-order valence-corrected chi connectivity index (χ2v) is 4.21. The summed E-state index contributed by atoms with van der Waals surface area (Å²) >= 11 is 0. The van der Waals surface area contributed by atoms with Gasteiger partial charge in [-0.2, -0.15) is 0 Å². The van der Waals surface area contributed by atoms with Crippen LogP contribution in [0.4, 0.5) is 0 Å². The first-order valence-corrected chi connectivity index (χ1v) is 5.27. The van der Waals surface area contributed by atoms with Crippen LogP contribution < -0.4 is 10.6 Å². The first-order chi connectivity index (χ1) is 6.61. The molecule has 4 nitrogen and oxygen atoms in total. The second-order valence-electron chi connectivity index (χ2n) is 4.21. The minimum atomic E-state index is -0.471. The van der Waals surface area contributed by atoms with E-state index in [1.807, 2.05) is 13.8 Å². The Balaban J connectivity index is 2.45. The zero-order valence-electron chi connectivity index (χ0n) is 8.97. The molecule has 14 heavy (non-hydrogen) atoms. The fraction of sp³-hybridized carbons (Fsp3) is 0.900. The van der Waals surface area contributed by atoms with E-state index >= 15 is 0 Å². The molecule has 1 saturated heterocycles. The Hall–Kier alpha value is -0.610. The van der Waals surface area contributed by atoms with Crippen molar-refractivity contribution in [1.29, 1.82) is 0 Å². The molecule has 0 aromatic rings. The van der Waals surface area contributed by atoms with Gasteiger partial charge >= 0.3 is 0 Å². The van der Waals surface area contributed by atoms with Gasteiger partial charge in [-0.1, -0.05) is 6.92 Å². The van der Waals surface area contributed by atoms with E-state index < -0.39 is 5.54 Å². The van der Waals surface area contributed by atoms with E-state index in [4.69, 9.17) is 5.11 Å². The van der Waals surface area contributed by atoms with E-state index in [2.05, 4.69) is 10.6 Å². The summed E-state index contributed by atoms with van der Waals surface area (Å²) in [7, 11) is 0. The molecule has 2 unspecified atom stereocenters. The number of hydrogen-bond donors (Lipinski definition) is 3. The lowest BCUT2D eigenvalue weighted by Crippen LogP contribution is -2.53. The molecular formula is C10H20N2O2. The molecule has 1 amide bonds. The van der Waals surface area contributed by atoms with Crippen LogP contribution in [0.5, 0.6) is 0 Å². The van der Waals surface area contributed by atoms with Crippen LogP contribution >= 0.6 is 0 Å². The summed E-state index contributed by atoms with van der Waals surface area (Å²) in [5.41, 5.74) is -0.471. The van der Waals surface area contributed by atoms with Gasteiger partial charge in [0.25, 0.3) is 0 Å². The van der Waals surface area contributed by atoms with E-state index in [0.717, 1.165) is 25.8 Å². The fourth-order valence-corrected chi connectivity index (χ4v) is 1.53. The van der Waals surface area contributed by atoms with Crippen molar-refractivity contribution in [2.45, 2.75) is 44.7 Å². The third-order valence-electron chi connectivity index (χ3n) is 2.93. The third kappa shape index (κ3) is 2.69. The molecule has 2 atom stereocenters. The number of amides is 1. The first-order valence-electron chi connectivity index (χ1n) is 5.27. The van der Waals surface area contributed by atoms with E-state index in [1.165, 1.54) is 0 Å². The number of rotatable bonds is 4. The Bertz CT molecular complexity index is 196. The molecule has 0 spiro atoms. The molecule has 0 radical (unpaired) electrons. The van der Waals surface area contributed by atoms with Crippen LogP contribution in [0.2, 0.25) is 0 Å². The summed E-state index contributed by atoms with van der Waals surface area (Å²) in [6, 6.07) is -0.0626. The summed E-state index contributed by atoms with van der Waals surface area (Å²) in [5.74, 6) is 0.0147. The number of carbonyl (C=O) groups is 1. The van der Waals surface area contributed by atoms with Gasteiger partial charge in [0.1, 0.15) is 0 Å². The Labute approximate surface area is 85.1 Å². The van der Waals surface area contributed by atoms with E-state index in [1.54, 1.807) is 0 Å². The summed E-state index contributed by atoms with van der Waals surface area (Å²) in [5, 5.41) is 15.2. The van der Waals surface area contributed by atoms with Crippen molar-refractivity contribution < 1.29 is 9.90 Å². The van der Waals surface area contributed by atoms with Gasteiger partial charge in [0.15, 0.2) is 0 Å². The van der Waals surface area contributed by atoms with Crippen molar-refractivity contribution in [1.82, 2.24) is 10.6 Å². The predicted octanol–water partition coefficient (Wildman–Crippen LogP) is 0.0156. The second kappa shape index (κ2) is 4.75. The topological polar surface area (TPSA) is 61.4 Å². The third-order valence-corrected chi connectivity index (χ3v) is 2.93. The molecular weight excluding hydrogens is 180 g/mol. The minimum absolute atomic E-state index is 0.0119. The van der Waals surface area contributed by atoms with Gasteiger partial charge < -0.3 is 15.7 Å². The van der Waals surface area contributed by atoms with Crippen LogP contribution in [-0.2, 0) is 4.79 Å². The molecule has 1 rings (SSSR count). The Morgan fingerprint density at radius 1 is 1.71 bits per heavy atom. The number of aliphatic hydroxyl groups is 1. The minimum Gasteiger partial charge on any atom is -0.394 e. The highest BCUT2D eigenvalue weighted by Crippen LogP contribution is 2.11. The van der Waals surface area contributed by atoms with Crippen molar-refractivity contribution in [3.63, 3.8) is 0 Å². The molecule has 0 bridgehead atoms. The predicted molar refractivity (Wildman–Crippen MR) is 54.9 cm³/mol. The Morgan fingerprint density at radius 2 is 2.43 bits per heavy atom. The standard InChI is InChI=1S/C10H20N2O2/c1-3-10(2,7-13)12-9(14)8-5-4-6-11-8/h8,11,13H,3-7H2,1-2H3,(H,12,14). The molecule has 1 aliphatic heterocycles. The molecule has 1 fully saturated rings. The van der Waals surface area contributed by atoms with Crippen LogP contribution in [0.25, 0.3) is 0 Å². The van der Waals surface area contributed by atoms with Crippen molar-refractivity contribution >= 4 is 5.91 Å². The maximum Gasteiger partial charge on any atom is 0.237 e.